The molecule has 4 aromatic rings. The zero-order valence-corrected chi connectivity index (χ0v) is 18.4. The summed E-state index contributed by atoms with van der Waals surface area (Å²) in [6.45, 7) is 7.78. The maximum atomic E-state index is 10.1. The number of anilines is 1. The van der Waals surface area contributed by atoms with Crippen LogP contribution in [0.5, 0.6) is 0 Å². The van der Waals surface area contributed by atoms with E-state index in [0.29, 0.717) is 35.1 Å². The highest BCUT2D eigenvalue weighted by Gasteiger charge is 2.20. The SMILES string of the molecule is Cc1cccc(-c2nc(N)c(Cl)c(-c3cn(Cc4cc(C(C)(C)O)[nH]n4)nn3)n2)c1C. The van der Waals surface area contributed by atoms with Gasteiger partial charge < -0.3 is 10.8 Å². The zero-order valence-electron chi connectivity index (χ0n) is 17.7. The molecule has 0 radical (unpaired) electrons. The van der Waals surface area contributed by atoms with Gasteiger partial charge in [-0.1, -0.05) is 35.0 Å². The van der Waals surface area contributed by atoms with E-state index < -0.39 is 5.60 Å². The van der Waals surface area contributed by atoms with E-state index >= 15 is 0 Å². The lowest BCUT2D eigenvalue weighted by molar-refractivity contribution is 0.0738. The molecule has 1 aromatic carbocycles. The van der Waals surface area contributed by atoms with Crippen molar-refractivity contribution >= 4 is 17.4 Å². The number of aryl methyl sites for hydroxylation is 1. The Morgan fingerprint density at radius 2 is 2.00 bits per heavy atom. The Kier molecular flexibility index (Phi) is 5.24. The second-order valence-corrected chi connectivity index (χ2v) is 8.35. The van der Waals surface area contributed by atoms with Crippen molar-refractivity contribution in [2.24, 2.45) is 0 Å². The lowest BCUT2D eigenvalue weighted by Crippen LogP contribution is -2.15. The number of aliphatic hydroxyl groups is 1. The molecular formula is C21H23ClN8O. The van der Waals surface area contributed by atoms with Gasteiger partial charge in [-0.2, -0.15) is 5.10 Å². The van der Waals surface area contributed by atoms with Crippen molar-refractivity contribution in [3.05, 3.63) is 58.0 Å². The third kappa shape index (κ3) is 4.14. The van der Waals surface area contributed by atoms with Gasteiger partial charge in [-0.15, -0.1) is 5.10 Å². The van der Waals surface area contributed by atoms with Gasteiger partial charge in [0.2, 0.25) is 0 Å². The van der Waals surface area contributed by atoms with Crippen LogP contribution in [0.15, 0.2) is 30.5 Å². The third-order valence-corrected chi connectivity index (χ3v) is 5.49. The monoisotopic (exact) mass is 438 g/mol. The van der Waals surface area contributed by atoms with Gasteiger partial charge in [0, 0.05) is 5.56 Å². The number of aromatic nitrogens is 7. The van der Waals surface area contributed by atoms with Crippen molar-refractivity contribution < 1.29 is 5.11 Å². The van der Waals surface area contributed by atoms with Gasteiger partial charge in [0.25, 0.3) is 0 Å². The first-order valence-electron chi connectivity index (χ1n) is 9.70. The normalized spacial score (nSPS) is 11.8. The lowest BCUT2D eigenvalue weighted by Gasteiger charge is -2.13. The van der Waals surface area contributed by atoms with E-state index in [2.05, 4.69) is 30.5 Å². The number of nitrogens with one attached hydrogen (secondary N) is 1. The lowest BCUT2D eigenvalue weighted by atomic mass is 10.0. The number of H-pyrrole nitrogens is 1. The molecule has 0 fully saturated rings. The fourth-order valence-electron chi connectivity index (χ4n) is 3.16. The molecule has 0 saturated carbocycles. The maximum absolute atomic E-state index is 10.1. The Hall–Kier alpha value is -3.30. The molecule has 0 unspecified atom stereocenters. The first-order valence-corrected chi connectivity index (χ1v) is 10.1. The Morgan fingerprint density at radius 3 is 2.71 bits per heavy atom. The Bertz CT molecular complexity index is 1250. The molecule has 4 N–H and O–H groups in total. The Labute approximate surface area is 184 Å². The summed E-state index contributed by atoms with van der Waals surface area (Å²) in [6.07, 6.45) is 1.72. The minimum atomic E-state index is -1.00. The highest BCUT2D eigenvalue weighted by atomic mass is 35.5. The number of hydrogen-bond donors (Lipinski definition) is 3. The van der Waals surface area contributed by atoms with Gasteiger partial charge in [-0.3, -0.25) is 5.10 Å². The van der Waals surface area contributed by atoms with Gasteiger partial charge >= 0.3 is 0 Å². The first kappa shape index (κ1) is 21.0. The third-order valence-electron chi connectivity index (χ3n) is 5.12. The maximum Gasteiger partial charge on any atom is 0.162 e. The summed E-state index contributed by atoms with van der Waals surface area (Å²) in [6, 6.07) is 7.72. The highest BCUT2D eigenvalue weighted by molar-refractivity contribution is 6.35. The fourth-order valence-corrected chi connectivity index (χ4v) is 3.34. The summed E-state index contributed by atoms with van der Waals surface area (Å²) < 4.78 is 1.62. The average molecular weight is 439 g/mol. The van der Waals surface area contributed by atoms with Gasteiger partial charge in [0.15, 0.2) is 5.82 Å². The van der Waals surface area contributed by atoms with E-state index in [4.69, 9.17) is 17.3 Å². The van der Waals surface area contributed by atoms with Crippen molar-refractivity contribution in [3.63, 3.8) is 0 Å². The summed E-state index contributed by atoms with van der Waals surface area (Å²) >= 11 is 6.41. The summed E-state index contributed by atoms with van der Waals surface area (Å²) in [5.74, 6) is 0.661. The molecule has 160 valence electrons. The summed E-state index contributed by atoms with van der Waals surface area (Å²) in [4.78, 5) is 9.01. The van der Waals surface area contributed by atoms with Crippen LogP contribution in [0.3, 0.4) is 0 Å². The molecule has 0 aliphatic rings. The van der Waals surface area contributed by atoms with Crippen LogP contribution in [0, 0.1) is 13.8 Å². The number of hydrogen-bond acceptors (Lipinski definition) is 7. The summed E-state index contributed by atoms with van der Waals surface area (Å²) in [5.41, 5.74) is 10.4. The predicted octanol–water partition coefficient (Wildman–Crippen LogP) is 3.25. The van der Waals surface area contributed by atoms with E-state index in [0.717, 1.165) is 16.7 Å². The standard InChI is InChI=1S/C21H23ClN8O/c1-11-6-5-7-14(12(11)2)20-24-18(17(22)19(23)25-20)15-10-30(29-27-15)9-13-8-16(28-26-13)21(3,4)31/h5-8,10,31H,9H2,1-4H3,(H,26,28)(H2,23,24,25). The van der Waals surface area contributed by atoms with Gasteiger partial charge in [-0.05, 0) is 44.9 Å². The van der Waals surface area contributed by atoms with Crippen LogP contribution in [0.1, 0.15) is 36.4 Å². The van der Waals surface area contributed by atoms with Crippen LogP contribution < -0.4 is 5.73 Å². The first-order chi connectivity index (χ1) is 14.6. The van der Waals surface area contributed by atoms with Crippen molar-refractivity contribution in [1.82, 2.24) is 35.2 Å². The van der Waals surface area contributed by atoms with Crippen LogP contribution in [-0.4, -0.2) is 40.3 Å². The zero-order chi connectivity index (χ0) is 22.3. The molecule has 0 spiro atoms. The largest absolute Gasteiger partial charge is 0.384 e. The predicted molar refractivity (Wildman–Crippen MR) is 118 cm³/mol. The smallest absolute Gasteiger partial charge is 0.162 e. The number of halogens is 1. The summed E-state index contributed by atoms with van der Waals surface area (Å²) in [7, 11) is 0. The molecule has 31 heavy (non-hydrogen) atoms. The second-order valence-electron chi connectivity index (χ2n) is 7.98. The highest BCUT2D eigenvalue weighted by Crippen LogP contribution is 2.32. The quantitative estimate of drug-likeness (QED) is 0.435. The molecule has 0 atom stereocenters. The molecule has 3 heterocycles. The van der Waals surface area contributed by atoms with E-state index in [1.807, 2.05) is 32.0 Å². The molecule has 3 aromatic heterocycles. The Balaban J connectivity index is 1.68. The van der Waals surface area contributed by atoms with Gasteiger partial charge in [0.05, 0.1) is 24.1 Å². The van der Waals surface area contributed by atoms with Crippen LogP contribution in [-0.2, 0) is 12.1 Å². The van der Waals surface area contributed by atoms with Crippen LogP contribution in [0.25, 0.3) is 22.8 Å². The van der Waals surface area contributed by atoms with Crippen LogP contribution >= 0.6 is 11.6 Å². The molecule has 0 saturated heterocycles. The van der Waals surface area contributed by atoms with Crippen molar-refractivity contribution in [2.75, 3.05) is 5.73 Å². The molecule has 0 bridgehead atoms. The fraction of sp³-hybridized carbons (Fsp3) is 0.286. The van der Waals surface area contributed by atoms with E-state index in [-0.39, 0.29) is 10.8 Å². The molecule has 0 aliphatic carbocycles. The Morgan fingerprint density at radius 1 is 1.23 bits per heavy atom. The van der Waals surface area contributed by atoms with Crippen LogP contribution in [0.2, 0.25) is 5.02 Å². The number of aromatic amines is 1. The molecule has 0 amide bonds. The van der Waals surface area contributed by atoms with Crippen molar-refractivity contribution in [3.8, 4) is 22.8 Å². The van der Waals surface area contributed by atoms with E-state index in [1.54, 1.807) is 30.8 Å². The molecular weight excluding hydrogens is 416 g/mol. The number of nitrogen functional groups attached to an aromatic ring is 1. The van der Waals surface area contributed by atoms with E-state index in [1.165, 1.54) is 0 Å². The minimum absolute atomic E-state index is 0.180. The average Bonchev–Trinajstić information content (AvgIpc) is 3.36. The number of benzene rings is 1. The van der Waals surface area contributed by atoms with Gasteiger partial charge in [0.1, 0.15) is 27.8 Å². The number of nitrogens with two attached hydrogens (primary N) is 1. The van der Waals surface area contributed by atoms with Crippen molar-refractivity contribution in [2.45, 2.75) is 39.8 Å². The minimum Gasteiger partial charge on any atom is -0.384 e. The number of nitrogens with zero attached hydrogens (tertiary/aromatic N) is 6. The van der Waals surface area contributed by atoms with Crippen LogP contribution in [0.4, 0.5) is 5.82 Å². The molecule has 4 rings (SSSR count). The second kappa shape index (κ2) is 7.75. The van der Waals surface area contributed by atoms with E-state index in [9.17, 15) is 5.11 Å². The molecule has 0 aliphatic heterocycles. The number of rotatable bonds is 5. The summed E-state index contributed by atoms with van der Waals surface area (Å²) in [5, 5.41) is 25.7. The van der Waals surface area contributed by atoms with Crippen molar-refractivity contribution in [1.29, 1.82) is 0 Å². The molecule has 9 nitrogen and oxygen atoms in total. The topological polar surface area (TPSA) is 131 Å². The molecule has 10 heteroatoms. The van der Waals surface area contributed by atoms with Gasteiger partial charge in [-0.25, -0.2) is 14.6 Å².